The van der Waals surface area contributed by atoms with Crippen LogP contribution in [0.1, 0.15) is 0 Å². The summed E-state index contributed by atoms with van der Waals surface area (Å²) in [6, 6.07) is 14.5. The van der Waals surface area contributed by atoms with Crippen molar-refractivity contribution in [2.75, 3.05) is 20.2 Å². The molecule has 0 radical (unpaired) electrons. The van der Waals surface area contributed by atoms with Crippen molar-refractivity contribution >= 4 is 22.5 Å². The van der Waals surface area contributed by atoms with E-state index in [-0.39, 0.29) is 5.56 Å². The molecule has 6 nitrogen and oxygen atoms in total. The van der Waals surface area contributed by atoms with E-state index < -0.39 is 0 Å². The maximum absolute atomic E-state index is 12.4. The first kappa shape index (κ1) is 16.4. The molecule has 24 heavy (non-hydrogen) atoms. The highest BCUT2D eigenvalue weighted by atomic mass is 35.5. The van der Waals surface area contributed by atoms with Crippen LogP contribution in [0.25, 0.3) is 10.9 Å². The molecular weight excluding hydrogens is 328 g/mol. The number of ether oxygens (including phenoxy) is 1. The molecule has 0 saturated heterocycles. The number of aromatic nitrogens is 3. The molecule has 0 amide bonds. The van der Waals surface area contributed by atoms with Crippen molar-refractivity contribution in [1.29, 1.82) is 0 Å². The molecule has 3 rings (SSSR count). The van der Waals surface area contributed by atoms with E-state index in [0.29, 0.717) is 29.2 Å². The van der Waals surface area contributed by atoms with Gasteiger partial charge in [-0.15, -0.1) is 5.10 Å². The first-order valence-corrected chi connectivity index (χ1v) is 8.03. The second kappa shape index (κ2) is 7.42. The summed E-state index contributed by atoms with van der Waals surface area (Å²) in [5.41, 5.74) is 0.487. The molecule has 1 aromatic heterocycles. The third kappa shape index (κ3) is 3.90. The lowest BCUT2D eigenvalue weighted by Gasteiger charge is -2.15. The second-order valence-electron chi connectivity index (χ2n) is 5.58. The minimum absolute atomic E-state index is 0.126. The van der Waals surface area contributed by atoms with Crippen LogP contribution < -0.4 is 15.2 Å². The average molecular weight is 346 g/mol. The fraction of sp³-hybridized carbons (Fsp3) is 0.235. The van der Waals surface area contributed by atoms with Gasteiger partial charge in [0.25, 0.3) is 5.56 Å². The maximum atomic E-state index is 12.4. The zero-order valence-corrected chi connectivity index (χ0v) is 14.0. The van der Waals surface area contributed by atoms with Crippen LogP contribution in [0, 0.1) is 0 Å². The van der Waals surface area contributed by atoms with Crippen LogP contribution >= 0.6 is 11.6 Å². The minimum atomic E-state index is -0.126. The van der Waals surface area contributed by atoms with E-state index in [0.717, 1.165) is 17.2 Å². The molecule has 7 heteroatoms. The van der Waals surface area contributed by atoms with E-state index in [1.54, 1.807) is 24.3 Å². The lowest BCUT2D eigenvalue weighted by atomic mass is 10.2. The Labute approximate surface area is 144 Å². The van der Waals surface area contributed by atoms with Gasteiger partial charge < -0.3 is 9.64 Å². The van der Waals surface area contributed by atoms with Crippen LogP contribution in [0.3, 0.4) is 0 Å². The normalized spacial score (nSPS) is 12.2. The summed E-state index contributed by atoms with van der Waals surface area (Å²) in [7, 11) is 1.98. The molecule has 3 aromatic rings. The van der Waals surface area contributed by atoms with Gasteiger partial charge in [-0.1, -0.05) is 28.9 Å². The number of nitrogens with zero attached hydrogens (tertiary/aromatic N) is 3. The first-order valence-electron chi connectivity index (χ1n) is 7.66. The lowest BCUT2D eigenvalue weighted by molar-refractivity contribution is -0.904. The van der Waals surface area contributed by atoms with Gasteiger partial charge in [0.2, 0.25) is 0 Å². The molecule has 0 bridgehead atoms. The van der Waals surface area contributed by atoms with E-state index in [9.17, 15) is 4.79 Å². The van der Waals surface area contributed by atoms with Gasteiger partial charge in [0.1, 0.15) is 24.4 Å². The SMILES string of the molecule is C[NH+](CCOc1ccc(Cl)cc1)Cn1nnc2ccccc2c1=O. The lowest BCUT2D eigenvalue weighted by Crippen LogP contribution is -3.09. The van der Waals surface area contributed by atoms with Crippen molar-refractivity contribution in [3.63, 3.8) is 0 Å². The Bertz CT molecular complexity index is 880. The number of hydrogen-bond donors (Lipinski definition) is 1. The van der Waals surface area contributed by atoms with Crippen molar-refractivity contribution < 1.29 is 9.64 Å². The molecule has 0 saturated carbocycles. The molecule has 0 aliphatic carbocycles. The summed E-state index contributed by atoms with van der Waals surface area (Å²) >= 11 is 5.84. The summed E-state index contributed by atoms with van der Waals surface area (Å²) < 4.78 is 7.06. The predicted molar refractivity (Wildman–Crippen MR) is 92.5 cm³/mol. The van der Waals surface area contributed by atoms with Gasteiger partial charge in [0.05, 0.1) is 12.4 Å². The second-order valence-corrected chi connectivity index (χ2v) is 6.02. The highest BCUT2D eigenvalue weighted by Gasteiger charge is 2.09. The third-order valence-electron chi connectivity index (χ3n) is 3.66. The van der Waals surface area contributed by atoms with E-state index in [1.807, 2.05) is 31.3 Å². The fourth-order valence-electron chi connectivity index (χ4n) is 2.34. The zero-order valence-electron chi connectivity index (χ0n) is 13.3. The van der Waals surface area contributed by atoms with Gasteiger partial charge in [-0.25, -0.2) is 0 Å². The Morgan fingerprint density at radius 1 is 1.17 bits per heavy atom. The number of fused-ring (bicyclic) bond motifs is 1. The molecule has 0 aliphatic rings. The molecule has 1 unspecified atom stereocenters. The van der Waals surface area contributed by atoms with Gasteiger partial charge in [-0.2, -0.15) is 4.68 Å². The number of nitrogens with one attached hydrogen (secondary N) is 1. The standard InChI is InChI=1S/C17H17ClN4O2/c1-21(10-11-24-14-8-6-13(18)7-9-14)12-22-17(23)15-4-2-3-5-16(15)19-20-22/h2-9H,10-12H2,1H3/p+1. The number of halogens is 1. The van der Waals surface area contributed by atoms with Gasteiger partial charge >= 0.3 is 0 Å². The van der Waals surface area contributed by atoms with E-state index in [2.05, 4.69) is 10.3 Å². The predicted octanol–water partition coefficient (Wildman–Crippen LogP) is 0.996. The van der Waals surface area contributed by atoms with Crippen LogP contribution in [0.4, 0.5) is 0 Å². The molecule has 2 aromatic carbocycles. The Morgan fingerprint density at radius 2 is 1.92 bits per heavy atom. The zero-order chi connectivity index (χ0) is 16.9. The average Bonchev–Trinajstić information content (AvgIpc) is 2.59. The topological polar surface area (TPSA) is 61.5 Å². The number of likely N-dealkylation sites (N-methyl/N-ethyl adjacent to an activating group) is 1. The van der Waals surface area contributed by atoms with Gasteiger partial charge in [0, 0.05) is 5.02 Å². The van der Waals surface area contributed by atoms with Crippen molar-refractivity contribution in [2.24, 2.45) is 0 Å². The van der Waals surface area contributed by atoms with E-state index >= 15 is 0 Å². The van der Waals surface area contributed by atoms with Crippen LogP contribution in [0.2, 0.25) is 5.02 Å². The monoisotopic (exact) mass is 345 g/mol. The molecule has 1 atom stereocenters. The fourth-order valence-corrected chi connectivity index (χ4v) is 2.46. The van der Waals surface area contributed by atoms with Crippen LogP contribution in [-0.4, -0.2) is 35.2 Å². The first-order chi connectivity index (χ1) is 11.6. The highest BCUT2D eigenvalue weighted by Crippen LogP contribution is 2.14. The molecule has 0 aliphatic heterocycles. The Morgan fingerprint density at radius 3 is 2.71 bits per heavy atom. The highest BCUT2D eigenvalue weighted by molar-refractivity contribution is 6.30. The summed E-state index contributed by atoms with van der Waals surface area (Å²) in [5.74, 6) is 0.773. The van der Waals surface area contributed by atoms with Crippen molar-refractivity contribution in [1.82, 2.24) is 15.0 Å². The van der Waals surface area contributed by atoms with Gasteiger partial charge in [0.15, 0.2) is 6.67 Å². The quantitative estimate of drug-likeness (QED) is 0.724. The molecular formula is C17H18ClN4O2+. The molecule has 1 heterocycles. The number of quaternary nitrogens is 1. The molecule has 0 spiro atoms. The summed E-state index contributed by atoms with van der Waals surface area (Å²) in [6.45, 7) is 1.69. The largest absolute Gasteiger partial charge is 0.488 e. The van der Waals surface area contributed by atoms with Crippen molar-refractivity contribution in [2.45, 2.75) is 6.67 Å². The smallest absolute Gasteiger partial charge is 0.282 e. The van der Waals surface area contributed by atoms with Gasteiger partial charge in [-0.05, 0) is 36.4 Å². The van der Waals surface area contributed by atoms with Crippen molar-refractivity contribution in [3.05, 3.63) is 63.9 Å². The van der Waals surface area contributed by atoms with Crippen LogP contribution in [0.5, 0.6) is 5.75 Å². The van der Waals surface area contributed by atoms with Crippen molar-refractivity contribution in [3.8, 4) is 5.75 Å². The van der Waals surface area contributed by atoms with Gasteiger partial charge in [-0.3, -0.25) is 4.79 Å². The number of hydrogen-bond acceptors (Lipinski definition) is 4. The number of benzene rings is 2. The third-order valence-corrected chi connectivity index (χ3v) is 3.91. The molecule has 0 fully saturated rings. The Balaban J connectivity index is 1.58. The minimum Gasteiger partial charge on any atom is -0.488 e. The Hall–Kier alpha value is -2.44. The summed E-state index contributed by atoms with van der Waals surface area (Å²) in [4.78, 5) is 13.5. The van der Waals surface area contributed by atoms with Crippen LogP contribution in [-0.2, 0) is 6.67 Å². The Kier molecular flexibility index (Phi) is 5.08. The maximum Gasteiger partial charge on any atom is 0.282 e. The molecule has 124 valence electrons. The summed E-state index contributed by atoms with van der Waals surface area (Å²) in [5, 5.41) is 9.35. The summed E-state index contributed by atoms with van der Waals surface area (Å²) in [6.07, 6.45) is 0. The van der Waals surface area contributed by atoms with E-state index in [1.165, 1.54) is 4.68 Å². The van der Waals surface area contributed by atoms with E-state index in [4.69, 9.17) is 16.3 Å². The van der Waals surface area contributed by atoms with Crippen LogP contribution in [0.15, 0.2) is 53.3 Å². The molecule has 1 N–H and O–H groups in total. The number of rotatable bonds is 6.